The SMILES string of the molecule is CCn1c(-c2ccnn2C)nc2c(N3CCOCC3C)nc(Cl)nc21. The molecule has 4 heterocycles. The molecule has 1 unspecified atom stereocenters. The number of fused-ring (bicyclic) bond motifs is 1. The molecule has 1 aliphatic heterocycles. The van der Waals surface area contributed by atoms with Crippen LogP contribution in [0.3, 0.4) is 0 Å². The summed E-state index contributed by atoms with van der Waals surface area (Å²) < 4.78 is 9.40. The maximum absolute atomic E-state index is 6.25. The second-order valence-corrected chi connectivity index (χ2v) is 6.46. The molecule has 1 fully saturated rings. The molecule has 9 heteroatoms. The number of imidazole rings is 1. The fraction of sp³-hybridized carbons (Fsp3) is 0.500. The minimum absolute atomic E-state index is 0.204. The van der Waals surface area contributed by atoms with Crippen molar-refractivity contribution in [1.29, 1.82) is 0 Å². The van der Waals surface area contributed by atoms with Gasteiger partial charge in [0.15, 0.2) is 22.8 Å². The van der Waals surface area contributed by atoms with E-state index in [1.807, 2.05) is 13.1 Å². The van der Waals surface area contributed by atoms with Gasteiger partial charge in [-0.15, -0.1) is 0 Å². The largest absolute Gasteiger partial charge is 0.377 e. The van der Waals surface area contributed by atoms with E-state index in [1.54, 1.807) is 10.9 Å². The maximum Gasteiger partial charge on any atom is 0.226 e. The van der Waals surface area contributed by atoms with Crippen LogP contribution in [0.5, 0.6) is 0 Å². The van der Waals surface area contributed by atoms with E-state index in [4.69, 9.17) is 21.3 Å². The van der Waals surface area contributed by atoms with Gasteiger partial charge in [0.1, 0.15) is 5.69 Å². The first kappa shape index (κ1) is 16.3. The highest BCUT2D eigenvalue weighted by Crippen LogP contribution is 2.31. The molecule has 4 rings (SSSR count). The first-order valence-corrected chi connectivity index (χ1v) is 8.74. The number of hydrogen-bond donors (Lipinski definition) is 0. The average molecular weight is 362 g/mol. The van der Waals surface area contributed by atoms with Gasteiger partial charge in [0.2, 0.25) is 5.28 Å². The van der Waals surface area contributed by atoms with Crippen molar-refractivity contribution >= 4 is 28.6 Å². The summed E-state index contributed by atoms with van der Waals surface area (Å²) in [6.45, 7) is 6.97. The van der Waals surface area contributed by atoms with Crippen LogP contribution in [0.1, 0.15) is 13.8 Å². The van der Waals surface area contributed by atoms with E-state index in [2.05, 4.69) is 38.4 Å². The second-order valence-electron chi connectivity index (χ2n) is 6.13. The van der Waals surface area contributed by atoms with E-state index in [0.717, 1.165) is 41.6 Å². The Hall–Kier alpha value is -2.19. The quantitative estimate of drug-likeness (QED) is 0.665. The van der Waals surface area contributed by atoms with Gasteiger partial charge in [-0.3, -0.25) is 4.68 Å². The summed E-state index contributed by atoms with van der Waals surface area (Å²) in [6, 6.07) is 2.15. The Kier molecular flexibility index (Phi) is 4.09. The number of anilines is 1. The van der Waals surface area contributed by atoms with Crippen molar-refractivity contribution in [3.8, 4) is 11.5 Å². The minimum Gasteiger partial charge on any atom is -0.377 e. The number of morpholine rings is 1. The van der Waals surface area contributed by atoms with Gasteiger partial charge in [-0.2, -0.15) is 15.1 Å². The molecule has 8 nitrogen and oxygen atoms in total. The van der Waals surface area contributed by atoms with Gasteiger partial charge >= 0.3 is 0 Å². The van der Waals surface area contributed by atoms with E-state index < -0.39 is 0 Å². The van der Waals surface area contributed by atoms with Crippen molar-refractivity contribution in [2.45, 2.75) is 26.4 Å². The third-order valence-corrected chi connectivity index (χ3v) is 4.72. The van der Waals surface area contributed by atoms with E-state index in [9.17, 15) is 0 Å². The number of aromatic nitrogens is 6. The van der Waals surface area contributed by atoms with Gasteiger partial charge in [0, 0.05) is 26.3 Å². The molecule has 25 heavy (non-hydrogen) atoms. The Morgan fingerprint density at radius 3 is 2.84 bits per heavy atom. The Morgan fingerprint density at radius 1 is 1.32 bits per heavy atom. The number of rotatable bonds is 3. The van der Waals surface area contributed by atoms with E-state index in [1.165, 1.54) is 0 Å². The molecular formula is C16H20ClN7O. The van der Waals surface area contributed by atoms with Crippen molar-refractivity contribution in [3.63, 3.8) is 0 Å². The highest BCUT2D eigenvalue weighted by Gasteiger charge is 2.26. The normalized spacial score (nSPS) is 18.2. The zero-order valence-corrected chi connectivity index (χ0v) is 15.2. The van der Waals surface area contributed by atoms with Crippen molar-refractivity contribution in [2.24, 2.45) is 7.05 Å². The lowest BCUT2D eigenvalue weighted by Crippen LogP contribution is -2.44. The van der Waals surface area contributed by atoms with Crippen LogP contribution in [-0.2, 0) is 18.3 Å². The van der Waals surface area contributed by atoms with Crippen LogP contribution in [0.15, 0.2) is 12.3 Å². The lowest BCUT2D eigenvalue weighted by molar-refractivity contribution is 0.0986. The summed E-state index contributed by atoms with van der Waals surface area (Å²) in [4.78, 5) is 16.0. The van der Waals surface area contributed by atoms with E-state index in [0.29, 0.717) is 13.2 Å². The Bertz CT molecular complexity index is 919. The molecule has 0 spiro atoms. The van der Waals surface area contributed by atoms with Crippen molar-refractivity contribution in [2.75, 3.05) is 24.7 Å². The summed E-state index contributed by atoms with van der Waals surface area (Å²) in [5.74, 6) is 1.58. The van der Waals surface area contributed by atoms with Gasteiger partial charge in [-0.1, -0.05) is 0 Å². The molecule has 0 amide bonds. The molecule has 3 aromatic heterocycles. The Labute approximate surface area is 150 Å². The van der Waals surface area contributed by atoms with Gasteiger partial charge in [-0.05, 0) is 31.5 Å². The molecule has 0 bridgehead atoms. The first-order chi connectivity index (χ1) is 12.1. The molecule has 0 aliphatic carbocycles. The Morgan fingerprint density at radius 2 is 2.16 bits per heavy atom. The first-order valence-electron chi connectivity index (χ1n) is 8.36. The number of hydrogen-bond acceptors (Lipinski definition) is 6. The third-order valence-electron chi connectivity index (χ3n) is 4.55. The van der Waals surface area contributed by atoms with Gasteiger partial charge in [-0.25, -0.2) is 4.98 Å². The van der Waals surface area contributed by atoms with Gasteiger partial charge in [0.25, 0.3) is 0 Å². The van der Waals surface area contributed by atoms with Crippen LogP contribution in [0.2, 0.25) is 5.28 Å². The van der Waals surface area contributed by atoms with E-state index in [-0.39, 0.29) is 11.3 Å². The molecule has 1 saturated heterocycles. The van der Waals surface area contributed by atoms with Crippen molar-refractivity contribution < 1.29 is 4.74 Å². The van der Waals surface area contributed by atoms with E-state index >= 15 is 0 Å². The monoisotopic (exact) mass is 361 g/mol. The zero-order valence-electron chi connectivity index (χ0n) is 14.5. The maximum atomic E-state index is 6.25. The molecule has 0 saturated carbocycles. The lowest BCUT2D eigenvalue weighted by Gasteiger charge is -2.34. The molecule has 1 atom stereocenters. The van der Waals surface area contributed by atoms with Crippen molar-refractivity contribution in [3.05, 3.63) is 17.5 Å². The highest BCUT2D eigenvalue weighted by atomic mass is 35.5. The average Bonchev–Trinajstić information content (AvgIpc) is 3.17. The summed E-state index contributed by atoms with van der Waals surface area (Å²) in [5.41, 5.74) is 2.43. The fourth-order valence-corrected chi connectivity index (χ4v) is 3.45. The second kappa shape index (κ2) is 6.27. The van der Waals surface area contributed by atoms with Gasteiger partial charge in [0.05, 0.1) is 19.3 Å². The summed E-state index contributed by atoms with van der Waals surface area (Å²) >= 11 is 6.25. The van der Waals surface area contributed by atoms with Crippen LogP contribution in [0.25, 0.3) is 22.7 Å². The lowest BCUT2D eigenvalue weighted by atomic mass is 10.2. The summed E-state index contributed by atoms with van der Waals surface area (Å²) in [5, 5.41) is 4.48. The molecule has 3 aromatic rings. The van der Waals surface area contributed by atoms with Crippen LogP contribution < -0.4 is 4.90 Å². The standard InChI is InChI=1S/C16H20ClN7O/c1-4-23-13(11-5-6-18-22(11)3)19-12-14(23)20-16(17)21-15(12)24-7-8-25-9-10(24)2/h5-6,10H,4,7-9H2,1-3H3. The molecular weight excluding hydrogens is 342 g/mol. The predicted octanol–water partition coefficient (Wildman–Crippen LogP) is 2.13. The third kappa shape index (κ3) is 2.65. The Balaban J connectivity index is 1.96. The number of aryl methyl sites for hydroxylation is 2. The number of halogens is 1. The topological polar surface area (TPSA) is 73.9 Å². The highest BCUT2D eigenvalue weighted by molar-refractivity contribution is 6.28. The van der Waals surface area contributed by atoms with Crippen LogP contribution >= 0.6 is 11.6 Å². The number of ether oxygens (including phenoxy) is 1. The number of nitrogens with zero attached hydrogens (tertiary/aromatic N) is 7. The fourth-order valence-electron chi connectivity index (χ4n) is 3.29. The minimum atomic E-state index is 0.204. The molecule has 132 valence electrons. The van der Waals surface area contributed by atoms with Crippen LogP contribution in [-0.4, -0.2) is 55.1 Å². The van der Waals surface area contributed by atoms with Crippen LogP contribution in [0, 0.1) is 0 Å². The molecule has 1 aliphatic rings. The van der Waals surface area contributed by atoms with Crippen molar-refractivity contribution in [1.82, 2.24) is 29.3 Å². The molecule has 0 aromatic carbocycles. The smallest absolute Gasteiger partial charge is 0.226 e. The summed E-state index contributed by atoms with van der Waals surface area (Å²) in [6.07, 6.45) is 1.76. The molecule has 0 radical (unpaired) electrons. The molecule has 0 N–H and O–H groups in total. The summed E-state index contributed by atoms with van der Waals surface area (Å²) in [7, 11) is 1.90. The zero-order chi connectivity index (χ0) is 17.6. The van der Waals surface area contributed by atoms with Gasteiger partial charge < -0.3 is 14.2 Å². The predicted molar refractivity (Wildman–Crippen MR) is 95.8 cm³/mol. The van der Waals surface area contributed by atoms with Crippen LogP contribution in [0.4, 0.5) is 5.82 Å².